The number of hydrogen-bond acceptors (Lipinski definition) is 4. The van der Waals surface area contributed by atoms with Crippen molar-refractivity contribution < 1.29 is 9.53 Å². The standard InChI is InChI=1S/C12H16ClN3O2/c13-9-1-2-10(15-7-9)16-8-12(11(14)17)3-5-18-6-4-12/h1-2,7H,3-6,8H2,(H2,14,17)(H,15,16). The summed E-state index contributed by atoms with van der Waals surface area (Å²) >= 11 is 5.76. The van der Waals surface area contributed by atoms with Crippen LogP contribution in [0.3, 0.4) is 0 Å². The van der Waals surface area contributed by atoms with Gasteiger partial charge in [-0.15, -0.1) is 0 Å². The van der Waals surface area contributed by atoms with Crippen LogP contribution in [0.25, 0.3) is 0 Å². The van der Waals surface area contributed by atoms with Gasteiger partial charge >= 0.3 is 0 Å². The Morgan fingerprint density at radius 2 is 2.22 bits per heavy atom. The highest BCUT2D eigenvalue weighted by Crippen LogP contribution is 2.30. The van der Waals surface area contributed by atoms with Gasteiger partial charge in [0.1, 0.15) is 5.82 Å². The summed E-state index contributed by atoms with van der Waals surface area (Å²) in [6.07, 6.45) is 2.84. The Balaban J connectivity index is 2.01. The molecule has 0 aromatic carbocycles. The first-order chi connectivity index (χ1) is 8.62. The number of nitrogens with zero attached hydrogens (tertiary/aromatic N) is 1. The van der Waals surface area contributed by atoms with Gasteiger partial charge in [0.15, 0.2) is 0 Å². The van der Waals surface area contributed by atoms with Crippen molar-refractivity contribution in [2.24, 2.45) is 11.1 Å². The highest BCUT2D eigenvalue weighted by atomic mass is 35.5. The molecule has 1 aliphatic rings. The number of pyridine rings is 1. The van der Waals surface area contributed by atoms with E-state index >= 15 is 0 Å². The molecule has 0 saturated carbocycles. The zero-order chi connectivity index (χ0) is 13.0. The van der Waals surface area contributed by atoms with Gasteiger partial charge in [0.05, 0.1) is 10.4 Å². The molecule has 0 atom stereocenters. The third-order valence-electron chi connectivity index (χ3n) is 3.31. The number of amides is 1. The minimum atomic E-state index is -0.542. The average Bonchev–Trinajstić information content (AvgIpc) is 2.39. The molecule has 1 aromatic heterocycles. The molecule has 0 spiro atoms. The molecule has 0 unspecified atom stereocenters. The van der Waals surface area contributed by atoms with Gasteiger partial charge in [-0.25, -0.2) is 4.98 Å². The topological polar surface area (TPSA) is 77.2 Å². The Morgan fingerprint density at radius 1 is 1.50 bits per heavy atom. The second kappa shape index (κ2) is 5.54. The van der Waals surface area contributed by atoms with E-state index in [9.17, 15) is 4.79 Å². The molecular weight excluding hydrogens is 254 g/mol. The number of rotatable bonds is 4. The molecule has 18 heavy (non-hydrogen) atoms. The number of carbonyl (C=O) groups excluding carboxylic acids is 1. The third kappa shape index (κ3) is 2.91. The van der Waals surface area contributed by atoms with Gasteiger partial charge in [-0.05, 0) is 25.0 Å². The van der Waals surface area contributed by atoms with Crippen LogP contribution in [-0.2, 0) is 9.53 Å². The van der Waals surface area contributed by atoms with Gasteiger partial charge in [-0.3, -0.25) is 4.79 Å². The highest BCUT2D eigenvalue weighted by molar-refractivity contribution is 6.30. The van der Waals surface area contributed by atoms with E-state index in [1.807, 2.05) is 0 Å². The monoisotopic (exact) mass is 269 g/mol. The quantitative estimate of drug-likeness (QED) is 0.867. The van der Waals surface area contributed by atoms with E-state index < -0.39 is 5.41 Å². The third-order valence-corrected chi connectivity index (χ3v) is 3.53. The van der Waals surface area contributed by atoms with Gasteiger partial charge in [-0.1, -0.05) is 11.6 Å². The fourth-order valence-electron chi connectivity index (χ4n) is 2.01. The molecular formula is C12H16ClN3O2. The van der Waals surface area contributed by atoms with Crippen molar-refractivity contribution in [2.75, 3.05) is 25.1 Å². The Hall–Kier alpha value is -1.33. The summed E-state index contributed by atoms with van der Waals surface area (Å²) in [6, 6.07) is 3.52. The lowest BCUT2D eigenvalue weighted by molar-refractivity contribution is -0.132. The zero-order valence-corrected chi connectivity index (χ0v) is 10.7. The number of anilines is 1. The minimum Gasteiger partial charge on any atom is -0.381 e. The van der Waals surface area contributed by atoms with Crippen molar-refractivity contribution in [1.82, 2.24) is 4.98 Å². The highest BCUT2D eigenvalue weighted by Gasteiger charge is 2.38. The first-order valence-electron chi connectivity index (χ1n) is 5.85. The van der Waals surface area contributed by atoms with Crippen molar-refractivity contribution >= 4 is 23.3 Å². The molecule has 1 saturated heterocycles. The van der Waals surface area contributed by atoms with Crippen LogP contribution >= 0.6 is 11.6 Å². The van der Waals surface area contributed by atoms with E-state index in [1.54, 1.807) is 18.3 Å². The molecule has 0 aliphatic carbocycles. The maximum Gasteiger partial charge on any atom is 0.225 e. The summed E-state index contributed by atoms with van der Waals surface area (Å²) in [7, 11) is 0. The number of nitrogens with one attached hydrogen (secondary N) is 1. The van der Waals surface area contributed by atoms with E-state index in [1.165, 1.54) is 0 Å². The smallest absolute Gasteiger partial charge is 0.225 e. The molecule has 2 heterocycles. The Labute approximate surface area is 111 Å². The molecule has 1 fully saturated rings. The molecule has 3 N–H and O–H groups in total. The van der Waals surface area contributed by atoms with Crippen molar-refractivity contribution in [3.8, 4) is 0 Å². The summed E-state index contributed by atoms with van der Waals surface area (Å²) in [4.78, 5) is 15.8. The second-order valence-electron chi connectivity index (χ2n) is 4.47. The first kappa shape index (κ1) is 13.1. The Kier molecular flexibility index (Phi) is 4.04. The molecule has 2 rings (SSSR count). The summed E-state index contributed by atoms with van der Waals surface area (Å²) in [5, 5.41) is 3.72. The number of ether oxygens (including phenoxy) is 1. The van der Waals surface area contributed by atoms with E-state index in [-0.39, 0.29) is 5.91 Å². The summed E-state index contributed by atoms with van der Waals surface area (Å²) in [5.41, 5.74) is 4.97. The molecule has 1 amide bonds. The minimum absolute atomic E-state index is 0.285. The molecule has 6 heteroatoms. The van der Waals surface area contributed by atoms with E-state index in [4.69, 9.17) is 22.1 Å². The number of carbonyl (C=O) groups is 1. The van der Waals surface area contributed by atoms with Crippen molar-refractivity contribution in [1.29, 1.82) is 0 Å². The van der Waals surface area contributed by atoms with Crippen LogP contribution in [-0.4, -0.2) is 30.6 Å². The van der Waals surface area contributed by atoms with Gasteiger partial charge in [-0.2, -0.15) is 0 Å². The molecule has 1 aromatic rings. The largest absolute Gasteiger partial charge is 0.381 e. The first-order valence-corrected chi connectivity index (χ1v) is 6.23. The Morgan fingerprint density at radius 3 is 2.78 bits per heavy atom. The maximum absolute atomic E-state index is 11.6. The summed E-state index contributed by atoms with van der Waals surface area (Å²) < 4.78 is 5.27. The molecule has 0 radical (unpaired) electrons. The molecule has 98 valence electrons. The molecule has 5 nitrogen and oxygen atoms in total. The van der Waals surface area contributed by atoms with Crippen molar-refractivity contribution in [3.05, 3.63) is 23.4 Å². The zero-order valence-electron chi connectivity index (χ0n) is 9.99. The van der Waals surface area contributed by atoms with Gasteiger partial charge in [0.2, 0.25) is 5.91 Å². The van der Waals surface area contributed by atoms with Crippen LogP contribution < -0.4 is 11.1 Å². The molecule has 1 aliphatic heterocycles. The number of primary amides is 1. The lowest BCUT2D eigenvalue weighted by atomic mass is 9.79. The van der Waals surface area contributed by atoms with Crippen molar-refractivity contribution in [2.45, 2.75) is 12.8 Å². The average molecular weight is 270 g/mol. The molecule has 0 bridgehead atoms. The van der Waals surface area contributed by atoms with Crippen LogP contribution in [0.1, 0.15) is 12.8 Å². The van der Waals surface area contributed by atoms with Crippen LogP contribution in [0.15, 0.2) is 18.3 Å². The lowest BCUT2D eigenvalue weighted by Gasteiger charge is -2.34. The van der Waals surface area contributed by atoms with Crippen LogP contribution in [0.4, 0.5) is 5.82 Å². The maximum atomic E-state index is 11.6. The second-order valence-corrected chi connectivity index (χ2v) is 4.91. The van der Waals surface area contributed by atoms with E-state index in [2.05, 4.69) is 10.3 Å². The van der Waals surface area contributed by atoms with Crippen molar-refractivity contribution in [3.63, 3.8) is 0 Å². The number of aromatic nitrogens is 1. The Bertz CT molecular complexity index is 416. The number of nitrogens with two attached hydrogens (primary N) is 1. The van der Waals surface area contributed by atoms with Crippen LogP contribution in [0, 0.1) is 5.41 Å². The van der Waals surface area contributed by atoms with Gasteiger partial charge in [0.25, 0.3) is 0 Å². The number of hydrogen-bond donors (Lipinski definition) is 2. The van der Waals surface area contributed by atoms with Gasteiger partial charge < -0.3 is 15.8 Å². The van der Waals surface area contributed by atoms with Crippen LogP contribution in [0.2, 0.25) is 5.02 Å². The normalized spacial score (nSPS) is 18.3. The predicted molar refractivity (Wildman–Crippen MR) is 69.4 cm³/mol. The fraction of sp³-hybridized carbons (Fsp3) is 0.500. The fourth-order valence-corrected chi connectivity index (χ4v) is 2.12. The lowest BCUT2D eigenvalue weighted by Crippen LogP contribution is -2.46. The van der Waals surface area contributed by atoms with Crippen LogP contribution in [0.5, 0.6) is 0 Å². The van der Waals surface area contributed by atoms with E-state index in [0.717, 1.165) is 0 Å². The predicted octanol–water partition coefficient (Wildman–Crippen LogP) is 1.43. The SMILES string of the molecule is NC(=O)C1(CNc2ccc(Cl)cn2)CCOCC1. The number of halogens is 1. The van der Waals surface area contributed by atoms with E-state index in [0.29, 0.717) is 43.4 Å². The summed E-state index contributed by atoms with van der Waals surface area (Å²) in [6.45, 7) is 1.61. The summed E-state index contributed by atoms with van der Waals surface area (Å²) in [5.74, 6) is 0.402. The van der Waals surface area contributed by atoms with Gasteiger partial charge in [0, 0.05) is 26.0 Å².